The maximum absolute atomic E-state index is 11.7. The molecule has 3 atom stereocenters. The summed E-state index contributed by atoms with van der Waals surface area (Å²) in [5.74, 6) is 3.37. The zero-order valence-corrected chi connectivity index (χ0v) is 12.2. The molecule has 0 bridgehead atoms. The Hall–Kier alpha value is -1.29. The fraction of sp³-hybridized carbons (Fsp3) is 0.667. The van der Waals surface area contributed by atoms with Crippen molar-refractivity contribution in [1.82, 2.24) is 10.6 Å². The van der Waals surface area contributed by atoms with Gasteiger partial charge in [-0.15, -0.1) is 0 Å². The third-order valence-electron chi connectivity index (χ3n) is 3.56. The smallest absolute Gasteiger partial charge is 0.237 e. The molecule has 0 aromatic carbocycles. The quantitative estimate of drug-likeness (QED) is 0.829. The van der Waals surface area contributed by atoms with E-state index in [0.29, 0.717) is 12.5 Å². The Morgan fingerprint density at radius 3 is 2.68 bits per heavy atom. The Labute approximate surface area is 114 Å². The molecule has 2 N–H and O–H groups in total. The lowest BCUT2D eigenvalue weighted by atomic mass is 10.2. The van der Waals surface area contributed by atoms with E-state index >= 15 is 0 Å². The topological polar surface area (TPSA) is 54.3 Å². The lowest BCUT2D eigenvalue weighted by molar-refractivity contribution is -0.123. The summed E-state index contributed by atoms with van der Waals surface area (Å²) in [6.45, 7) is 8.61. The van der Waals surface area contributed by atoms with E-state index in [1.165, 1.54) is 6.42 Å². The minimum Gasteiger partial charge on any atom is -0.464 e. The fourth-order valence-electron chi connectivity index (χ4n) is 2.16. The summed E-state index contributed by atoms with van der Waals surface area (Å²) in [4.78, 5) is 11.7. The molecule has 106 valence electrons. The number of carbonyl (C=O) groups excluding carboxylic acids is 1. The van der Waals surface area contributed by atoms with Crippen molar-refractivity contribution in [3.05, 3.63) is 23.7 Å². The van der Waals surface area contributed by atoms with Crippen LogP contribution >= 0.6 is 0 Å². The largest absolute Gasteiger partial charge is 0.464 e. The van der Waals surface area contributed by atoms with Gasteiger partial charge in [-0.1, -0.05) is 6.92 Å². The van der Waals surface area contributed by atoms with E-state index in [0.717, 1.165) is 17.4 Å². The second-order valence-corrected chi connectivity index (χ2v) is 5.89. The molecule has 2 rings (SSSR count). The summed E-state index contributed by atoms with van der Waals surface area (Å²) in [5.41, 5.74) is 0. The fourth-order valence-corrected chi connectivity index (χ4v) is 2.16. The van der Waals surface area contributed by atoms with E-state index in [1.54, 1.807) is 0 Å². The molecule has 4 heteroatoms. The first-order valence-electron chi connectivity index (χ1n) is 7.09. The van der Waals surface area contributed by atoms with Crippen molar-refractivity contribution in [2.24, 2.45) is 5.92 Å². The van der Waals surface area contributed by atoms with Gasteiger partial charge < -0.3 is 9.73 Å². The van der Waals surface area contributed by atoms with Crippen molar-refractivity contribution >= 4 is 5.91 Å². The average molecular weight is 264 g/mol. The number of hydrogen-bond acceptors (Lipinski definition) is 3. The molecule has 1 heterocycles. The number of amides is 1. The maximum Gasteiger partial charge on any atom is 0.237 e. The summed E-state index contributed by atoms with van der Waals surface area (Å²) in [7, 11) is 0. The molecule has 3 unspecified atom stereocenters. The Morgan fingerprint density at radius 2 is 2.11 bits per heavy atom. The molecule has 1 aromatic rings. The van der Waals surface area contributed by atoms with Gasteiger partial charge >= 0.3 is 0 Å². The molecular formula is C15H24N2O2. The average Bonchev–Trinajstić information content (AvgIpc) is 2.89. The summed E-state index contributed by atoms with van der Waals surface area (Å²) >= 11 is 0. The number of furan rings is 1. The molecule has 1 fully saturated rings. The first-order valence-corrected chi connectivity index (χ1v) is 7.09. The Bertz CT molecular complexity index is 439. The van der Waals surface area contributed by atoms with Crippen LogP contribution in [-0.2, 0) is 11.3 Å². The highest BCUT2D eigenvalue weighted by Crippen LogP contribution is 2.47. The van der Waals surface area contributed by atoms with E-state index in [-0.39, 0.29) is 18.0 Å². The molecule has 19 heavy (non-hydrogen) atoms. The molecule has 1 aliphatic rings. The lowest BCUT2D eigenvalue weighted by Crippen LogP contribution is -2.44. The minimum atomic E-state index is -0.212. The van der Waals surface area contributed by atoms with Crippen LogP contribution in [-0.4, -0.2) is 18.0 Å². The number of hydrogen-bond donors (Lipinski definition) is 2. The van der Waals surface area contributed by atoms with Gasteiger partial charge in [0.05, 0.1) is 12.6 Å². The van der Waals surface area contributed by atoms with Gasteiger partial charge in [0.1, 0.15) is 11.5 Å². The third kappa shape index (κ3) is 3.83. The van der Waals surface area contributed by atoms with Gasteiger partial charge in [0, 0.05) is 12.0 Å². The molecule has 1 saturated carbocycles. The molecule has 0 radical (unpaired) electrons. The predicted octanol–water partition coefficient (Wildman–Crippen LogP) is 2.41. The molecule has 4 nitrogen and oxygen atoms in total. The van der Waals surface area contributed by atoms with Crippen LogP contribution in [0.4, 0.5) is 0 Å². The Balaban J connectivity index is 1.78. The van der Waals surface area contributed by atoms with Crippen LogP contribution < -0.4 is 10.6 Å². The molecular weight excluding hydrogens is 240 g/mol. The van der Waals surface area contributed by atoms with Gasteiger partial charge in [-0.2, -0.15) is 0 Å². The second-order valence-electron chi connectivity index (χ2n) is 5.89. The maximum atomic E-state index is 11.7. The summed E-state index contributed by atoms with van der Waals surface area (Å²) in [6.07, 6.45) is 1.23. The van der Waals surface area contributed by atoms with E-state index < -0.39 is 0 Å². The van der Waals surface area contributed by atoms with E-state index in [4.69, 9.17) is 4.42 Å². The standard InChI is InChI=1S/C15H24N2O2/c1-9(2)17-15(18)11(4)16-8-12-5-6-14(19-12)13-7-10(13)3/h5-6,9-11,13,16H,7-8H2,1-4H3,(H,17,18). The first kappa shape index (κ1) is 14.1. The van der Waals surface area contributed by atoms with Crippen LogP contribution in [0.3, 0.4) is 0 Å². The molecule has 0 spiro atoms. The Morgan fingerprint density at radius 1 is 1.42 bits per heavy atom. The van der Waals surface area contributed by atoms with Gasteiger partial charge in [-0.25, -0.2) is 0 Å². The molecule has 1 aliphatic carbocycles. The normalized spacial score (nSPS) is 23.4. The number of nitrogens with one attached hydrogen (secondary N) is 2. The number of carbonyl (C=O) groups is 1. The first-order chi connectivity index (χ1) is 8.97. The lowest BCUT2D eigenvalue weighted by Gasteiger charge is -2.15. The van der Waals surface area contributed by atoms with Crippen molar-refractivity contribution in [2.75, 3.05) is 0 Å². The van der Waals surface area contributed by atoms with E-state index in [9.17, 15) is 4.79 Å². The summed E-state index contributed by atoms with van der Waals surface area (Å²) < 4.78 is 5.80. The molecule has 0 aliphatic heterocycles. The summed E-state index contributed by atoms with van der Waals surface area (Å²) in [6, 6.07) is 4.02. The van der Waals surface area contributed by atoms with Crippen molar-refractivity contribution in [2.45, 2.75) is 58.7 Å². The third-order valence-corrected chi connectivity index (χ3v) is 3.56. The molecule has 0 saturated heterocycles. The van der Waals surface area contributed by atoms with Gasteiger partial charge in [0.2, 0.25) is 5.91 Å². The van der Waals surface area contributed by atoms with Crippen LogP contribution in [0.25, 0.3) is 0 Å². The molecule has 1 aromatic heterocycles. The zero-order chi connectivity index (χ0) is 14.0. The van der Waals surface area contributed by atoms with Crippen LogP contribution in [0.1, 0.15) is 51.6 Å². The van der Waals surface area contributed by atoms with E-state index in [1.807, 2.05) is 26.8 Å². The van der Waals surface area contributed by atoms with Crippen molar-refractivity contribution in [3.8, 4) is 0 Å². The second kappa shape index (κ2) is 5.78. The monoisotopic (exact) mass is 264 g/mol. The highest BCUT2D eigenvalue weighted by Gasteiger charge is 2.36. The van der Waals surface area contributed by atoms with Gasteiger partial charge in [0.15, 0.2) is 0 Å². The van der Waals surface area contributed by atoms with E-state index in [2.05, 4.69) is 23.6 Å². The Kier molecular flexibility index (Phi) is 4.30. The number of rotatable bonds is 6. The van der Waals surface area contributed by atoms with Gasteiger partial charge in [0.25, 0.3) is 0 Å². The van der Waals surface area contributed by atoms with Crippen LogP contribution in [0.2, 0.25) is 0 Å². The zero-order valence-electron chi connectivity index (χ0n) is 12.2. The SMILES string of the molecule is CC(C)NC(=O)C(C)NCc1ccc(C2CC2C)o1. The summed E-state index contributed by atoms with van der Waals surface area (Å²) in [5, 5.41) is 6.07. The van der Waals surface area contributed by atoms with Crippen molar-refractivity contribution in [1.29, 1.82) is 0 Å². The minimum absolute atomic E-state index is 0.0256. The van der Waals surface area contributed by atoms with Crippen LogP contribution in [0, 0.1) is 5.92 Å². The van der Waals surface area contributed by atoms with Crippen molar-refractivity contribution < 1.29 is 9.21 Å². The molecule has 1 amide bonds. The van der Waals surface area contributed by atoms with Crippen LogP contribution in [0.5, 0.6) is 0 Å². The highest BCUT2D eigenvalue weighted by molar-refractivity contribution is 5.81. The van der Waals surface area contributed by atoms with Gasteiger partial charge in [-0.05, 0) is 45.2 Å². The van der Waals surface area contributed by atoms with Crippen molar-refractivity contribution in [3.63, 3.8) is 0 Å². The predicted molar refractivity (Wildman–Crippen MR) is 74.8 cm³/mol. The van der Waals surface area contributed by atoms with Crippen LogP contribution in [0.15, 0.2) is 16.5 Å². The van der Waals surface area contributed by atoms with Gasteiger partial charge in [-0.3, -0.25) is 10.1 Å². The highest BCUT2D eigenvalue weighted by atomic mass is 16.3.